The van der Waals surface area contributed by atoms with Crippen LogP contribution in [0.5, 0.6) is 0 Å². The maximum absolute atomic E-state index is 13.5. The van der Waals surface area contributed by atoms with E-state index in [1.54, 1.807) is 63.2 Å². The van der Waals surface area contributed by atoms with Crippen molar-refractivity contribution >= 4 is 23.7 Å². The van der Waals surface area contributed by atoms with Crippen LogP contribution in [0.2, 0.25) is 0 Å². The van der Waals surface area contributed by atoms with E-state index in [0.717, 1.165) is 10.7 Å². The normalized spacial score (nSPS) is 12.4. The van der Waals surface area contributed by atoms with Crippen LogP contribution in [0, 0.1) is 0 Å². The highest BCUT2D eigenvalue weighted by atomic mass is 19.4. The Balaban J connectivity index is 1.73. The summed E-state index contributed by atoms with van der Waals surface area (Å²) >= 11 is 0. The van der Waals surface area contributed by atoms with E-state index in [4.69, 9.17) is 4.74 Å². The van der Waals surface area contributed by atoms with Crippen LogP contribution in [0.25, 0.3) is 5.69 Å². The third kappa shape index (κ3) is 8.87. The molecule has 1 unspecified atom stereocenters. The number of carbonyl (C=O) groups excluding carboxylic acids is 3. The minimum Gasteiger partial charge on any atom is -0.444 e. The van der Waals surface area contributed by atoms with Crippen LogP contribution in [0.1, 0.15) is 44.5 Å². The van der Waals surface area contributed by atoms with Gasteiger partial charge >= 0.3 is 12.3 Å². The van der Waals surface area contributed by atoms with E-state index in [2.05, 4.69) is 21.0 Å². The Labute approximate surface area is 223 Å². The van der Waals surface area contributed by atoms with Crippen LogP contribution in [0.3, 0.4) is 0 Å². The zero-order valence-corrected chi connectivity index (χ0v) is 21.9. The molecular formula is C27H30F3N5O4. The van der Waals surface area contributed by atoms with Gasteiger partial charge in [-0.25, -0.2) is 9.48 Å². The van der Waals surface area contributed by atoms with Gasteiger partial charge in [-0.2, -0.15) is 18.3 Å². The van der Waals surface area contributed by atoms with E-state index in [1.165, 1.54) is 19.1 Å². The molecule has 0 aliphatic carbocycles. The number of alkyl carbamates (subject to hydrolysis) is 1. The maximum Gasteiger partial charge on any atom is 0.435 e. The second-order valence-electron chi connectivity index (χ2n) is 9.79. The van der Waals surface area contributed by atoms with E-state index in [1.807, 2.05) is 0 Å². The molecule has 0 bridgehead atoms. The van der Waals surface area contributed by atoms with Crippen molar-refractivity contribution in [3.8, 4) is 5.69 Å². The molecule has 3 aromatic rings. The number of carbonyl (C=O) groups is 3. The minimum absolute atomic E-state index is 0.0239. The zero-order valence-electron chi connectivity index (χ0n) is 21.9. The molecule has 0 aliphatic heterocycles. The van der Waals surface area contributed by atoms with Crippen LogP contribution >= 0.6 is 0 Å². The van der Waals surface area contributed by atoms with Crippen molar-refractivity contribution in [2.75, 3.05) is 5.32 Å². The molecule has 1 aromatic heterocycles. The number of ether oxygens (including phenoxy) is 1. The number of anilines is 1. The van der Waals surface area contributed by atoms with Crippen LogP contribution in [-0.2, 0) is 33.5 Å². The molecule has 2 aromatic carbocycles. The molecule has 9 nitrogen and oxygen atoms in total. The fourth-order valence-corrected chi connectivity index (χ4v) is 3.46. The van der Waals surface area contributed by atoms with Gasteiger partial charge < -0.3 is 20.7 Å². The molecule has 0 fully saturated rings. The first-order valence-electron chi connectivity index (χ1n) is 12.1. The molecule has 0 saturated heterocycles. The summed E-state index contributed by atoms with van der Waals surface area (Å²) < 4.78 is 46.5. The van der Waals surface area contributed by atoms with Crippen LogP contribution in [-0.4, -0.2) is 39.3 Å². The Hall–Kier alpha value is -4.35. The van der Waals surface area contributed by atoms with Gasteiger partial charge in [-0.05, 0) is 51.0 Å². The third-order valence-electron chi connectivity index (χ3n) is 5.22. The first kappa shape index (κ1) is 29.2. The fourth-order valence-electron chi connectivity index (χ4n) is 3.46. The second-order valence-corrected chi connectivity index (χ2v) is 9.79. The summed E-state index contributed by atoms with van der Waals surface area (Å²) in [5.74, 6) is -1.15. The van der Waals surface area contributed by atoms with E-state index in [0.29, 0.717) is 11.1 Å². The average Bonchev–Trinajstić information content (AvgIpc) is 3.26. The molecule has 3 rings (SSSR count). The third-order valence-corrected chi connectivity index (χ3v) is 5.22. The van der Waals surface area contributed by atoms with Gasteiger partial charge in [-0.15, -0.1) is 0 Å². The summed E-state index contributed by atoms with van der Waals surface area (Å²) in [5.41, 5.74) is -0.398. The molecule has 0 spiro atoms. The Morgan fingerprint density at radius 3 is 2.28 bits per heavy atom. The fraction of sp³-hybridized carbons (Fsp3) is 0.333. The molecule has 1 atom stereocenters. The number of hydrogen-bond acceptors (Lipinski definition) is 5. The van der Waals surface area contributed by atoms with Crippen molar-refractivity contribution < 1.29 is 32.3 Å². The highest BCUT2D eigenvalue weighted by Crippen LogP contribution is 2.31. The van der Waals surface area contributed by atoms with Gasteiger partial charge in [0.1, 0.15) is 17.5 Å². The standard InChI is InChI=1S/C27H30F3N5O4/c1-17(32-25(38)39-26(2,3)4)24(37)31-16-19-11-8-12-20(13-19)35-22(15-21(34-35)27(28,29)30)33-23(36)14-18-9-6-5-7-10-18/h5-13,15,17H,14,16H2,1-4H3,(H,31,37)(H,32,38)(H,33,36). The van der Waals surface area contributed by atoms with Gasteiger partial charge in [-0.1, -0.05) is 42.5 Å². The van der Waals surface area contributed by atoms with Crippen molar-refractivity contribution in [2.24, 2.45) is 0 Å². The highest BCUT2D eigenvalue weighted by molar-refractivity contribution is 5.91. The lowest BCUT2D eigenvalue weighted by molar-refractivity contribution is -0.141. The Kier molecular flexibility index (Phi) is 9.00. The summed E-state index contributed by atoms with van der Waals surface area (Å²) in [7, 11) is 0. The molecule has 3 N–H and O–H groups in total. The lowest BCUT2D eigenvalue weighted by atomic mass is 10.1. The van der Waals surface area contributed by atoms with E-state index in [-0.39, 0.29) is 24.5 Å². The Morgan fingerprint density at radius 2 is 1.64 bits per heavy atom. The smallest absolute Gasteiger partial charge is 0.435 e. The number of rotatable bonds is 8. The minimum atomic E-state index is -4.73. The lowest BCUT2D eigenvalue weighted by Crippen LogP contribution is -2.46. The quantitative estimate of drug-likeness (QED) is 0.383. The van der Waals surface area contributed by atoms with Gasteiger partial charge in [-0.3, -0.25) is 9.59 Å². The number of benzene rings is 2. The summed E-state index contributed by atoms with van der Waals surface area (Å²) in [6.07, 6.45) is -5.50. The van der Waals surface area contributed by atoms with E-state index < -0.39 is 41.4 Å². The molecular weight excluding hydrogens is 515 g/mol. The van der Waals surface area contributed by atoms with Gasteiger partial charge in [0.25, 0.3) is 0 Å². The van der Waals surface area contributed by atoms with E-state index >= 15 is 0 Å². The number of hydrogen-bond donors (Lipinski definition) is 3. The molecule has 12 heteroatoms. The molecule has 0 aliphatic rings. The molecule has 208 valence electrons. The number of amides is 3. The summed E-state index contributed by atoms with van der Waals surface area (Å²) in [5, 5.41) is 11.3. The van der Waals surface area contributed by atoms with Gasteiger partial charge in [0.15, 0.2) is 5.69 Å². The predicted octanol–water partition coefficient (Wildman–Crippen LogP) is 4.60. The van der Waals surface area contributed by atoms with Crippen molar-refractivity contribution in [3.05, 3.63) is 77.5 Å². The summed E-state index contributed by atoms with van der Waals surface area (Å²) in [4.78, 5) is 36.9. The van der Waals surface area contributed by atoms with Gasteiger partial charge in [0.05, 0.1) is 12.1 Å². The van der Waals surface area contributed by atoms with Gasteiger partial charge in [0.2, 0.25) is 11.8 Å². The average molecular weight is 546 g/mol. The molecule has 1 heterocycles. The predicted molar refractivity (Wildman–Crippen MR) is 138 cm³/mol. The molecule has 3 amide bonds. The SMILES string of the molecule is CC(NC(=O)OC(C)(C)C)C(=O)NCc1cccc(-n2nc(C(F)(F)F)cc2NC(=O)Cc2ccccc2)c1. The molecule has 39 heavy (non-hydrogen) atoms. The second kappa shape index (κ2) is 12.0. The first-order valence-corrected chi connectivity index (χ1v) is 12.1. The van der Waals surface area contributed by atoms with Crippen molar-refractivity contribution in [3.63, 3.8) is 0 Å². The van der Waals surface area contributed by atoms with Crippen LogP contribution in [0.4, 0.5) is 23.8 Å². The van der Waals surface area contributed by atoms with Crippen molar-refractivity contribution in [1.29, 1.82) is 0 Å². The topological polar surface area (TPSA) is 114 Å². The van der Waals surface area contributed by atoms with Gasteiger partial charge in [0, 0.05) is 12.6 Å². The number of alkyl halides is 3. The molecule has 0 saturated carbocycles. The highest BCUT2D eigenvalue weighted by Gasteiger charge is 2.35. The lowest BCUT2D eigenvalue weighted by Gasteiger charge is -2.21. The molecule has 0 radical (unpaired) electrons. The number of aromatic nitrogens is 2. The number of nitrogens with one attached hydrogen (secondary N) is 3. The Bertz CT molecular complexity index is 1320. The largest absolute Gasteiger partial charge is 0.444 e. The van der Waals surface area contributed by atoms with Crippen LogP contribution in [0.15, 0.2) is 60.7 Å². The maximum atomic E-state index is 13.5. The van der Waals surface area contributed by atoms with Crippen LogP contribution < -0.4 is 16.0 Å². The first-order chi connectivity index (χ1) is 18.2. The monoisotopic (exact) mass is 545 g/mol. The van der Waals surface area contributed by atoms with Crippen molar-refractivity contribution in [1.82, 2.24) is 20.4 Å². The summed E-state index contributed by atoms with van der Waals surface area (Å²) in [6.45, 7) is 6.60. The summed E-state index contributed by atoms with van der Waals surface area (Å²) in [6, 6.07) is 15.0. The Morgan fingerprint density at radius 1 is 0.974 bits per heavy atom. The number of halogens is 3. The zero-order chi connectivity index (χ0) is 28.8. The number of nitrogens with zero attached hydrogens (tertiary/aromatic N) is 2. The van der Waals surface area contributed by atoms with E-state index in [9.17, 15) is 27.6 Å². The van der Waals surface area contributed by atoms with Crippen molar-refractivity contribution in [2.45, 2.75) is 58.5 Å².